The van der Waals surface area contributed by atoms with Crippen molar-refractivity contribution in [3.63, 3.8) is 0 Å². The van der Waals surface area contributed by atoms with Gasteiger partial charge in [-0.3, -0.25) is 14.5 Å². The quantitative estimate of drug-likeness (QED) is 0.844. The second kappa shape index (κ2) is 6.31. The maximum Gasteiger partial charge on any atom is 0.325 e. The Morgan fingerprint density at radius 1 is 1.28 bits per heavy atom. The van der Waals surface area contributed by atoms with Crippen molar-refractivity contribution in [1.29, 1.82) is 0 Å². The first kappa shape index (κ1) is 17.1. The molecule has 0 bridgehead atoms. The summed E-state index contributed by atoms with van der Waals surface area (Å²) in [6.45, 7) is 5.57. The fourth-order valence-electron chi connectivity index (χ4n) is 2.94. The zero-order chi connectivity index (χ0) is 18.2. The van der Waals surface area contributed by atoms with Crippen LogP contribution in [0.15, 0.2) is 35.4 Å². The molecule has 0 saturated carbocycles. The Kier molecular flexibility index (Phi) is 4.32. The van der Waals surface area contributed by atoms with Crippen LogP contribution in [0.1, 0.15) is 32.8 Å². The number of carbonyl (C=O) groups excluding carboxylic acids is 3. The van der Waals surface area contributed by atoms with Gasteiger partial charge in [-0.15, -0.1) is 0 Å². The molecule has 132 valence electrons. The third kappa shape index (κ3) is 3.01. The lowest BCUT2D eigenvalue weighted by atomic mass is 9.88. The summed E-state index contributed by atoms with van der Waals surface area (Å²) in [7, 11) is 0. The summed E-state index contributed by atoms with van der Waals surface area (Å²) < 4.78 is 0. The largest absolute Gasteiger partial charge is 0.325 e. The van der Waals surface area contributed by atoms with Gasteiger partial charge in [0.2, 0.25) is 0 Å². The lowest BCUT2D eigenvalue weighted by Gasteiger charge is -2.25. The van der Waals surface area contributed by atoms with E-state index in [1.165, 1.54) is 5.01 Å². The molecule has 1 unspecified atom stereocenters. The number of nitrogens with one attached hydrogen (secondary N) is 1. The SMILES string of the molecule is CC(C)C1(C)NC(=O)N(CC(=O)N2CCC(c3ccccc3)=N2)C1=O. The molecule has 1 fully saturated rings. The number of hydrazone groups is 1. The first-order valence-corrected chi connectivity index (χ1v) is 8.40. The smallest absolute Gasteiger partial charge is 0.323 e. The molecule has 2 heterocycles. The van der Waals surface area contributed by atoms with Gasteiger partial charge in [-0.05, 0) is 18.4 Å². The number of benzene rings is 1. The van der Waals surface area contributed by atoms with Crippen LogP contribution < -0.4 is 5.32 Å². The maximum atomic E-state index is 12.6. The third-order valence-electron chi connectivity index (χ3n) is 4.95. The van der Waals surface area contributed by atoms with Gasteiger partial charge in [-0.25, -0.2) is 9.80 Å². The molecule has 0 aromatic heterocycles. The second-order valence-electron chi connectivity index (χ2n) is 6.86. The molecule has 1 aromatic rings. The van der Waals surface area contributed by atoms with Crippen molar-refractivity contribution < 1.29 is 14.4 Å². The summed E-state index contributed by atoms with van der Waals surface area (Å²) >= 11 is 0. The normalized spacial score (nSPS) is 23.3. The predicted octanol–water partition coefficient (Wildman–Crippen LogP) is 1.59. The van der Waals surface area contributed by atoms with E-state index in [4.69, 9.17) is 0 Å². The van der Waals surface area contributed by atoms with E-state index in [9.17, 15) is 14.4 Å². The van der Waals surface area contributed by atoms with E-state index in [0.717, 1.165) is 16.2 Å². The number of hydrogen-bond acceptors (Lipinski definition) is 4. The Balaban J connectivity index is 1.70. The highest BCUT2D eigenvalue weighted by Crippen LogP contribution is 2.25. The average Bonchev–Trinajstić information content (AvgIpc) is 3.16. The average molecular weight is 342 g/mol. The molecular formula is C18H22N4O3. The van der Waals surface area contributed by atoms with Gasteiger partial charge in [0.05, 0.1) is 12.3 Å². The van der Waals surface area contributed by atoms with Crippen molar-refractivity contribution in [3.8, 4) is 0 Å². The van der Waals surface area contributed by atoms with E-state index in [2.05, 4.69) is 10.4 Å². The van der Waals surface area contributed by atoms with Crippen LogP contribution in [0.2, 0.25) is 0 Å². The maximum absolute atomic E-state index is 12.6. The number of nitrogens with zero attached hydrogens (tertiary/aromatic N) is 3. The summed E-state index contributed by atoms with van der Waals surface area (Å²) in [4.78, 5) is 38.2. The highest BCUT2D eigenvalue weighted by atomic mass is 16.2. The van der Waals surface area contributed by atoms with Crippen LogP contribution in [0.5, 0.6) is 0 Å². The Hall–Kier alpha value is -2.70. The van der Waals surface area contributed by atoms with Crippen molar-refractivity contribution in [2.24, 2.45) is 11.0 Å². The standard InChI is InChI=1S/C18H22N4O3/c1-12(2)18(3)16(24)21(17(25)19-18)11-15(23)22-10-9-14(20-22)13-7-5-4-6-8-13/h4-8,12H,9-11H2,1-3H3,(H,19,25). The highest BCUT2D eigenvalue weighted by Gasteiger charge is 2.50. The van der Waals surface area contributed by atoms with E-state index in [0.29, 0.717) is 13.0 Å². The summed E-state index contributed by atoms with van der Waals surface area (Å²) in [6, 6.07) is 9.12. The van der Waals surface area contributed by atoms with Gasteiger partial charge in [0.1, 0.15) is 12.1 Å². The van der Waals surface area contributed by atoms with Crippen LogP contribution in [0.25, 0.3) is 0 Å². The molecule has 1 atom stereocenters. The van der Waals surface area contributed by atoms with Crippen molar-refractivity contribution in [2.45, 2.75) is 32.7 Å². The number of urea groups is 1. The number of rotatable bonds is 4. The van der Waals surface area contributed by atoms with E-state index in [-0.39, 0.29) is 24.3 Å². The highest BCUT2D eigenvalue weighted by molar-refractivity contribution is 6.09. The minimum absolute atomic E-state index is 0.0708. The lowest BCUT2D eigenvalue weighted by Crippen LogP contribution is -2.49. The third-order valence-corrected chi connectivity index (χ3v) is 4.95. The second-order valence-corrected chi connectivity index (χ2v) is 6.86. The number of carbonyl (C=O) groups is 3. The fraction of sp³-hybridized carbons (Fsp3) is 0.444. The Bertz CT molecular complexity index is 744. The van der Waals surface area contributed by atoms with Gasteiger partial charge in [0.25, 0.3) is 11.8 Å². The van der Waals surface area contributed by atoms with Gasteiger partial charge in [-0.2, -0.15) is 5.10 Å². The summed E-state index contributed by atoms with van der Waals surface area (Å²) in [5.41, 5.74) is 0.833. The summed E-state index contributed by atoms with van der Waals surface area (Å²) in [6.07, 6.45) is 0.652. The zero-order valence-electron chi connectivity index (χ0n) is 14.7. The molecule has 3 rings (SSSR count). The molecule has 2 aliphatic rings. The summed E-state index contributed by atoms with van der Waals surface area (Å²) in [5.74, 6) is -0.798. The van der Waals surface area contributed by atoms with Crippen LogP contribution in [-0.2, 0) is 9.59 Å². The van der Waals surface area contributed by atoms with Gasteiger partial charge >= 0.3 is 6.03 Å². The molecule has 0 aliphatic carbocycles. The molecule has 7 heteroatoms. The van der Waals surface area contributed by atoms with Gasteiger partial charge in [0, 0.05) is 6.42 Å². The van der Waals surface area contributed by atoms with E-state index < -0.39 is 11.6 Å². The van der Waals surface area contributed by atoms with E-state index in [1.807, 2.05) is 44.2 Å². The fourth-order valence-corrected chi connectivity index (χ4v) is 2.94. The number of amides is 4. The van der Waals surface area contributed by atoms with Crippen molar-refractivity contribution in [2.75, 3.05) is 13.1 Å². The summed E-state index contributed by atoms with van der Waals surface area (Å²) in [5, 5.41) is 8.38. The Labute approximate surface area is 146 Å². The minimum Gasteiger partial charge on any atom is -0.323 e. The van der Waals surface area contributed by atoms with Crippen LogP contribution >= 0.6 is 0 Å². The molecule has 2 aliphatic heterocycles. The molecule has 7 nitrogen and oxygen atoms in total. The Morgan fingerprint density at radius 2 is 1.96 bits per heavy atom. The molecule has 0 radical (unpaired) electrons. The van der Waals surface area contributed by atoms with Crippen molar-refractivity contribution in [1.82, 2.24) is 15.2 Å². The first-order chi connectivity index (χ1) is 11.8. The van der Waals surface area contributed by atoms with Crippen LogP contribution in [0.4, 0.5) is 4.79 Å². The van der Waals surface area contributed by atoms with E-state index >= 15 is 0 Å². The van der Waals surface area contributed by atoms with Crippen LogP contribution in [-0.4, -0.2) is 52.1 Å². The van der Waals surface area contributed by atoms with Gasteiger partial charge < -0.3 is 5.32 Å². The monoisotopic (exact) mass is 342 g/mol. The van der Waals surface area contributed by atoms with Crippen molar-refractivity contribution in [3.05, 3.63) is 35.9 Å². The molecule has 4 amide bonds. The lowest BCUT2D eigenvalue weighted by molar-refractivity contribution is -0.139. The molecule has 1 N–H and O–H groups in total. The van der Waals surface area contributed by atoms with Crippen LogP contribution in [0.3, 0.4) is 0 Å². The zero-order valence-corrected chi connectivity index (χ0v) is 14.7. The molecule has 25 heavy (non-hydrogen) atoms. The predicted molar refractivity (Wildman–Crippen MR) is 92.8 cm³/mol. The molecule has 1 aromatic carbocycles. The molecule has 0 spiro atoms. The van der Waals surface area contributed by atoms with Crippen LogP contribution in [0, 0.1) is 5.92 Å². The minimum atomic E-state index is -0.971. The molecular weight excluding hydrogens is 320 g/mol. The van der Waals surface area contributed by atoms with Gasteiger partial charge in [-0.1, -0.05) is 44.2 Å². The topological polar surface area (TPSA) is 82.1 Å². The molecule has 1 saturated heterocycles. The first-order valence-electron chi connectivity index (χ1n) is 8.40. The number of imide groups is 1. The van der Waals surface area contributed by atoms with Crippen molar-refractivity contribution >= 4 is 23.6 Å². The number of hydrogen-bond donors (Lipinski definition) is 1. The van der Waals surface area contributed by atoms with E-state index in [1.54, 1.807) is 6.92 Å². The Morgan fingerprint density at radius 3 is 2.56 bits per heavy atom. The van der Waals surface area contributed by atoms with Gasteiger partial charge in [0.15, 0.2) is 0 Å².